The van der Waals surface area contributed by atoms with Crippen molar-refractivity contribution in [2.75, 3.05) is 6.54 Å². The molecule has 1 aliphatic carbocycles. The molecule has 2 unspecified atom stereocenters. The molecular weight excluding hydrogens is 260 g/mol. The zero-order valence-electron chi connectivity index (χ0n) is 14.4. The van der Waals surface area contributed by atoms with Crippen LogP contribution in [0, 0.1) is 17.8 Å². The third kappa shape index (κ3) is 4.45. The summed E-state index contributed by atoms with van der Waals surface area (Å²) in [5.74, 6) is 2.68. The van der Waals surface area contributed by atoms with Crippen LogP contribution in [0.2, 0.25) is 0 Å². The van der Waals surface area contributed by atoms with Crippen molar-refractivity contribution in [2.24, 2.45) is 17.8 Å². The summed E-state index contributed by atoms with van der Waals surface area (Å²) in [6.07, 6.45) is 8.93. The van der Waals surface area contributed by atoms with Crippen molar-refractivity contribution < 1.29 is 4.79 Å². The van der Waals surface area contributed by atoms with Crippen LogP contribution in [-0.4, -0.2) is 29.6 Å². The molecule has 2 fully saturated rings. The number of hydrogen-bond donors (Lipinski definition) is 1. The summed E-state index contributed by atoms with van der Waals surface area (Å²) in [5.41, 5.74) is 0. The first kappa shape index (κ1) is 16.8. The molecule has 21 heavy (non-hydrogen) atoms. The second-order valence-electron chi connectivity index (χ2n) is 7.72. The Morgan fingerprint density at radius 1 is 1.24 bits per heavy atom. The third-order valence-electron chi connectivity index (χ3n) is 5.36. The van der Waals surface area contributed by atoms with Gasteiger partial charge >= 0.3 is 0 Å². The molecule has 0 aromatic heterocycles. The minimum absolute atomic E-state index is 0.0568. The molecule has 0 radical (unpaired) electrons. The molecule has 1 heterocycles. The Morgan fingerprint density at radius 3 is 2.48 bits per heavy atom. The fourth-order valence-corrected chi connectivity index (χ4v) is 3.93. The van der Waals surface area contributed by atoms with Gasteiger partial charge in [-0.05, 0) is 37.0 Å². The molecule has 1 N–H and O–H groups in total. The molecule has 1 amide bonds. The lowest BCUT2D eigenvalue weighted by Crippen LogP contribution is -2.38. The van der Waals surface area contributed by atoms with E-state index in [4.69, 9.17) is 0 Å². The topological polar surface area (TPSA) is 32.3 Å². The van der Waals surface area contributed by atoms with Gasteiger partial charge in [-0.2, -0.15) is 0 Å². The lowest BCUT2D eigenvalue weighted by Gasteiger charge is -2.29. The molecule has 1 aliphatic heterocycles. The Bertz CT molecular complexity index is 334. The van der Waals surface area contributed by atoms with Crippen molar-refractivity contribution >= 4 is 5.91 Å². The average Bonchev–Trinajstić information content (AvgIpc) is 2.74. The molecule has 0 spiro atoms. The first-order valence-corrected chi connectivity index (χ1v) is 9.07. The number of hydrogen-bond acceptors (Lipinski definition) is 2. The van der Waals surface area contributed by atoms with E-state index in [1.54, 1.807) is 0 Å². The number of nitrogens with one attached hydrogen (secondary N) is 1. The molecule has 0 aromatic rings. The molecule has 3 heteroatoms. The first-order chi connectivity index (χ1) is 10.0. The summed E-state index contributed by atoms with van der Waals surface area (Å²) >= 11 is 0. The van der Waals surface area contributed by atoms with Gasteiger partial charge in [0.15, 0.2) is 0 Å². The van der Waals surface area contributed by atoms with E-state index < -0.39 is 0 Å². The zero-order valence-corrected chi connectivity index (χ0v) is 14.4. The minimum Gasteiger partial charge on any atom is -0.326 e. The highest BCUT2D eigenvalue weighted by molar-refractivity contribution is 5.84. The second kappa shape index (κ2) is 7.62. The molecule has 3 nitrogen and oxygen atoms in total. The average molecular weight is 294 g/mol. The van der Waals surface area contributed by atoms with Gasteiger partial charge in [-0.15, -0.1) is 0 Å². The monoisotopic (exact) mass is 294 g/mol. The van der Waals surface area contributed by atoms with E-state index in [0.29, 0.717) is 11.8 Å². The Labute approximate surface area is 130 Å². The summed E-state index contributed by atoms with van der Waals surface area (Å²) in [6.45, 7) is 9.90. The van der Waals surface area contributed by atoms with Crippen molar-refractivity contribution in [3.8, 4) is 0 Å². The smallest absolute Gasteiger partial charge is 0.241 e. The van der Waals surface area contributed by atoms with Crippen molar-refractivity contribution in [3.05, 3.63) is 0 Å². The number of amides is 1. The van der Waals surface area contributed by atoms with Crippen LogP contribution in [0.5, 0.6) is 0 Å². The van der Waals surface area contributed by atoms with Crippen LogP contribution in [0.3, 0.4) is 0 Å². The highest BCUT2D eigenvalue weighted by atomic mass is 16.2. The second-order valence-corrected chi connectivity index (χ2v) is 7.72. The number of nitrogens with zero attached hydrogens (tertiary/aromatic N) is 1. The summed E-state index contributed by atoms with van der Waals surface area (Å²) in [5, 5.41) is 3.54. The van der Waals surface area contributed by atoms with Gasteiger partial charge in [-0.25, -0.2) is 0 Å². The first-order valence-electron chi connectivity index (χ1n) is 9.07. The van der Waals surface area contributed by atoms with Gasteiger partial charge in [0, 0.05) is 6.54 Å². The van der Waals surface area contributed by atoms with Crippen LogP contribution in [0.15, 0.2) is 0 Å². The third-order valence-corrected chi connectivity index (χ3v) is 5.36. The molecule has 1 saturated heterocycles. The van der Waals surface area contributed by atoms with Crippen LogP contribution >= 0.6 is 0 Å². The fourth-order valence-electron chi connectivity index (χ4n) is 3.93. The van der Waals surface area contributed by atoms with Gasteiger partial charge in [0.2, 0.25) is 5.91 Å². The van der Waals surface area contributed by atoms with Crippen molar-refractivity contribution in [1.82, 2.24) is 10.2 Å². The molecule has 2 aliphatic rings. The zero-order chi connectivity index (χ0) is 15.4. The SMILES string of the molecule is CCC1NC(CC(C)C)C(=O)N1CCC1CCC(C)CC1. The molecule has 0 aromatic carbocycles. The predicted octanol–water partition coefficient (Wildman–Crippen LogP) is 3.79. The highest BCUT2D eigenvalue weighted by Gasteiger charge is 2.37. The van der Waals surface area contributed by atoms with E-state index >= 15 is 0 Å². The fraction of sp³-hybridized carbons (Fsp3) is 0.944. The quantitative estimate of drug-likeness (QED) is 0.808. The normalized spacial score (nSPS) is 34.0. The van der Waals surface area contributed by atoms with Crippen LogP contribution in [-0.2, 0) is 4.79 Å². The van der Waals surface area contributed by atoms with E-state index in [2.05, 4.69) is 37.9 Å². The van der Waals surface area contributed by atoms with Gasteiger partial charge in [-0.3, -0.25) is 10.1 Å². The van der Waals surface area contributed by atoms with E-state index in [0.717, 1.165) is 31.2 Å². The molecular formula is C18H34N2O. The lowest BCUT2D eigenvalue weighted by atomic mass is 9.81. The van der Waals surface area contributed by atoms with Crippen LogP contribution < -0.4 is 5.32 Å². The standard InChI is InChI=1S/C18H34N2O/c1-5-17-19-16(12-13(2)3)18(21)20(17)11-10-15-8-6-14(4)7-9-15/h13-17,19H,5-12H2,1-4H3. The lowest BCUT2D eigenvalue weighted by molar-refractivity contribution is -0.130. The Balaban J connectivity index is 1.84. The Morgan fingerprint density at radius 2 is 1.90 bits per heavy atom. The van der Waals surface area contributed by atoms with E-state index in [1.807, 2.05) is 0 Å². The molecule has 2 atom stereocenters. The van der Waals surface area contributed by atoms with Crippen LogP contribution in [0.4, 0.5) is 0 Å². The summed E-state index contributed by atoms with van der Waals surface area (Å²) in [7, 11) is 0. The Kier molecular flexibility index (Phi) is 6.09. The van der Waals surface area contributed by atoms with Crippen molar-refractivity contribution in [3.63, 3.8) is 0 Å². The summed E-state index contributed by atoms with van der Waals surface area (Å²) < 4.78 is 0. The van der Waals surface area contributed by atoms with E-state index in [1.165, 1.54) is 32.1 Å². The number of rotatable bonds is 6. The molecule has 0 bridgehead atoms. The van der Waals surface area contributed by atoms with Crippen molar-refractivity contribution in [1.29, 1.82) is 0 Å². The maximum atomic E-state index is 12.6. The maximum Gasteiger partial charge on any atom is 0.241 e. The van der Waals surface area contributed by atoms with Crippen molar-refractivity contribution in [2.45, 2.75) is 84.8 Å². The highest BCUT2D eigenvalue weighted by Crippen LogP contribution is 2.31. The van der Waals surface area contributed by atoms with Crippen LogP contribution in [0.1, 0.15) is 72.6 Å². The molecule has 2 rings (SSSR count). The van der Waals surface area contributed by atoms with E-state index in [-0.39, 0.29) is 12.2 Å². The van der Waals surface area contributed by atoms with E-state index in [9.17, 15) is 4.79 Å². The predicted molar refractivity (Wildman–Crippen MR) is 87.9 cm³/mol. The largest absolute Gasteiger partial charge is 0.326 e. The Hall–Kier alpha value is -0.570. The van der Waals surface area contributed by atoms with Gasteiger partial charge in [0.1, 0.15) is 0 Å². The minimum atomic E-state index is 0.0568. The molecule has 1 saturated carbocycles. The van der Waals surface area contributed by atoms with Crippen LogP contribution in [0.25, 0.3) is 0 Å². The number of carbonyl (C=O) groups excluding carboxylic acids is 1. The maximum absolute atomic E-state index is 12.6. The van der Waals surface area contributed by atoms with Gasteiger partial charge < -0.3 is 4.90 Å². The molecule has 122 valence electrons. The number of carbonyl (C=O) groups is 1. The van der Waals surface area contributed by atoms with Gasteiger partial charge in [0.05, 0.1) is 12.2 Å². The van der Waals surface area contributed by atoms with Gasteiger partial charge in [0.25, 0.3) is 0 Å². The summed E-state index contributed by atoms with van der Waals surface area (Å²) in [4.78, 5) is 14.7. The van der Waals surface area contributed by atoms with Gasteiger partial charge in [-0.1, -0.05) is 53.4 Å². The summed E-state index contributed by atoms with van der Waals surface area (Å²) in [6, 6.07) is 0.0568.